The molecule has 2 aromatic carbocycles. The van der Waals surface area contributed by atoms with E-state index in [1.165, 1.54) is 0 Å². The van der Waals surface area contributed by atoms with Crippen molar-refractivity contribution in [3.8, 4) is 22.9 Å². The van der Waals surface area contributed by atoms with Crippen molar-refractivity contribution < 1.29 is 4.79 Å². The minimum absolute atomic E-state index is 0.227. The van der Waals surface area contributed by atoms with Crippen LogP contribution in [0.5, 0.6) is 0 Å². The zero-order valence-electron chi connectivity index (χ0n) is 14.4. The number of nitrogens with zero attached hydrogens (tertiary/aromatic N) is 3. The minimum Gasteiger partial charge on any atom is -0.296 e. The maximum atomic E-state index is 11.5. The molecule has 0 aliphatic rings. The van der Waals surface area contributed by atoms with E-state index in [1.807, 2.05) is 47.0 Å². The fourth-order valence-corrected chi connectivity index (χ4v) is 3.19. The van der Waals surface area contributed by atoms with Gasteiger partial charge in [-0.25, -0.2) is 4.98 Å². The fraction of sp³-hybridized carbons (Fsp3) is 0.190. The van der Waals surface area contributed by atoms with Crippen molar-refractivity contribution in [3.63, 3.8) is 0 Å². The minimum atomic E-state index is 0.227. The zero-order chi connectivity index (χ0) is 18.5. The molecule has 130 valence electrons. The van der Waals surface area contributed by atoms with Gasteiger partial charge in [0.25, 0.3) is 0 Å². The van der Waals surface area contributed by atoms with E-state index >= 15 is 0 Å². The predicted molar refractivity (Wildman–Crippen MR) is 103 cm³/mol. The SMILES string of the molecule is CCCCc1nc(Cl)c(C=O)n1-c1ccc(-c2ccccc2C#N)cc1. The molecule has 0 fully saturated rings. The van der Waals surface area contributed by atoms with Gasteiger partial charge in [0.05, 0.1) is 11.6 Å². The molecule has 0 bridgehead atoms. The van der Waals surface area contributed by atoms with E-state index in [0.717, 1.165) is 48.2 Å². The van der Waals surface area contributed by atoms with Crippen molar-refractivity contribution in [3.05, 3.63) is 70.8 Å². The molecule has 0 N–H and O–H groups in total. The Morgan fingerprint density at radius 2 is 1.92 bits per heavy atom. The van der Waals surface area contributed by atoms with E-state index in [9.17, 15) is 10.1 Å². The number of hydrogen-bond acceptors (Lipinski definition) is 3. The highest BCUT2D eigenvalue weighted by Crippen LogP contribution is 2.27. The molecule has 0 radical (unpaired) electrons. The lowest BCUT2D eigenvalue weighted by Gasteiger charge is -2.11. The first kappa shape index (κ1) is 17.9. The highest BCUT2D eigenvalue weighted by atomic mass is 35.5. The van der Waals surface area contributed by atoms with Gasteiger partial charge >= 0.3 is 0 Å². The van der Waals surface area contributed by atoms with Crippen molar-refractivity contribution >= 4 is 17.9 Å². The predicted octanol–water partition coefficient (Wildman–Crippen LogP) is 5.22. The monoisotopic (exact) mass is 363 g/mol. The van der Waals surface area contributed by atoms with Gasteiger partial charge in [0.15, 0.2) is 11.4 Å². The number of halogens is 1. The number of nitriles is 1. The molecule has 1 aromatic heterocycles. The third-order valence-electron chi connectivity index (χ3n) is 4.29. The summed E-state index contributed by atoms with van der Waals surface area (Å²) in [7, 11) is 0. The summed E-state index contributed by atoms with van der Waals surface area (Å²) in [5.41, 5.74) is 3.65. The molecule has 0 saturated heterocycles. The maximum absolute atomic E-state index is 11.5. The Labute approximate surface area is 157 Å². The first-order valence-electron chi connectivity index (χ1n) is 8.51. The molecule has 3 rings (SSSR count). The van der Waals surface area contributed by atoms with Crippen LogP contribution in [0.25, 0.3) is 16.8 Å². The van der Waals surface area contributed by atoms with Crippen LogP contribution in [0.1, 0.15) is 41.6 Å². The summed E-state index contributed by atoms with van der Waals surface area (Å²) in [5, 5.41) is 9.51. The largest absolute Gasteiger partial charge is 0.296 e. The highest BCUT2D eigenvalue weighted by molar-refractivity contribution is 6.31. The lowest BCUT2D eigenvalue weighted by atomic mass is 10.0. The Kier molecular flexibility index (Phi) is 5.50. The molecule has 0 unspecified atom stereocenters. The molecule has 0 spiro atoms. The average molecular weight is 364 g/mol. The van der Waals surface area contributed by atoms with Gasteiger partial charge in [-0.2, -0.15) is 5.26 Å². The number of carbonyl (C=O) groups excluding carboxylic acids is 1. The summed E-state index contributed by atoms with van der Waals surface area (Å²) >= 11 is 6.15. The van der Waals surface area contributed by atoms with Crippen LogP contribution in [0.2, 0.25) is 5.15 Å². The molecule has 26 heavy (non-hydrogen) atoms. The van der Waals surface area contributed by atoms with Crippen molar-refractivity contribution in [1.29, 1.82) is 5.26 Å². The second-order valence-corrected chi connectivity index (χ2v) is 6.32. The third kappa shape index (κ3) is 3.40. The number of rotatable bonds is 6. The van der Waals surface area contributed by atoms with Gasteiger partial charge in [-0.3, -0.25) is 9.36 Å². The van der Waals surface area contributed by atoms with E-state index in [4.69, 9.17) is 11.6 Å². The number of unbranched alkanes of at least 4 members (excludes halogenated alkanes) is 1. The van der Waals surface area contributed by atoms with Gasteiger partial charge in [0.1, 0.15) is 11.5 Å². The maximum Gasteiger partial charge on any atom is 0.170 e. The zero-order valence-corrected chi connectivity index (χ0v) is 15.2. The molecule has 0 aliphatic carbocycles. The normalized spacial score (nSPS) is 10.5. The second kappa shape index (κ2) is 7.99. The Bertz CT molecular complexity index is 968. The number of aldehydes is 1. The van der Waals surface area contributed by atoms with Gasteiger partial charge in [-0.15, -0.1) is 0 Å². The topological polar surface area (TPSA) is 58.7 Å². The number of benzene rings is 2. The van der Waals surface area contributed by atoms with Crippen LogP contribution >= 0.6 is 11.6 Å². The number of imidazole rings is 1. The van der Waals surface area contributed by atoms with Gasteiger partial charge in [-0.05, 0) is 35.7 Å². The summed E-state index contributed by atoms with van der Waals surface area (Å²) in [5.74, 6) is 0.782. The van der Waals surface area contributed by atoms with Gasteiger partial charge < -0.3 is 0 Å². The van der Waals surface area contributed by atoms with Crippen LogP contribution in [-0.2, 0) is 6.42 Å². The summed E-state index contributed by atoms with van der Waals surface area (Å²) in [4.78, 5) is 15.9. The first-order chi connectivity index (χ1) is 12.7. The molecule has 1 heterocycles. The molecule has 3 aromatic rings. The molecular weight excluding hydrogens is 346 g/mol. The van der Waals surface area contributed by atoms with Crippen LogP contribution < -0.4 is 0 Å². The fourth-order valence-electron chi connectivity index (χ4n) is 2.97. The Balaban J connectivity index is 2.04. The molecular formula is C21H18ClN3O. The van der Waals surface area contributed by atoms with E-state index < -0.39 is 0 Å². The molecule has 4 nitrogen and oxygen atoms in total. The standard InChI is InChI=1S/C21H18ClN3O/c1-2-3-8-20-24-21(22)19(14-26)25(20)17-11-9-15(10-12-17)18-7-5-4-6-16(18)13-23/h4-7,9-12,14H,2-3,8H2,1H3. The number of hydrogen-bond donors (Lipinski definition) is 0. The van der Waals surface area contributed by atoms with Crippen molar-refractivity contribution in [2.75, 3.05) is 0 Å². The summed E-state index contributed by atoms with van der Waals surface area (Å²) in [6, 6.07) is 17.4. The van der Waals surface area contributed by atoms with E-state index in [-0.39, 0.29) is 5.15 Å². The van der Waals surface area contributed by atoms with Crippen molar-refractivity contribution in [1.82, 2.24) is 9.55 Å². The summed E-state index contributed by atoms with van der Waals surface area (Å²) in [6.07, 6.45) is 3.50. The lowest BCUT2D eigenvalue weighted by molar-refractivity contribution is 0.111. The van der Waals surface area contributed by atoms with E-state index in [2.05, 4.69) is 18.0 Å². The Hall–Kier alpha value is -2.90. The molecule has 5 heteroatoms. The van der Waals surface area contributed by atoms with Gasteiger partial charge in [0, 0.05) is 12.1 Å². The van der Waals surface area contributed by atoms with Crippen LogP contribution in [0.4, 0.5) is 0 Å². The van der Waals surface area contributed by atoms with Crippen LogP contribution in [0.15, 0.2) is 48.5 Å². The second-order valence-electron chi connectivity index (χ2n) is 5.97. The molecule has 0 aliphatic heterocycles. The van der Waals surface area contributed by atoms with Gasteiger partial charge in [0.2, 0.25) is 0 Å². The molecule has 0 amide bonds. The average Bonchev–Trinajstić information content (AvgIpc) is 3.01. The quantitative estimate of drug-likeness (QED) is 0.564. The van der Waals surface area contributed by atoms with Crippen LogP contribution in [0, 0.1) is 11.3 Å². The smallest absolute Gasteiger partial charge is 0.170 e. The van der Waals surface area contributed by atoms with Gasteiger partial charge in [-0.1, -0.05) is 55.3 Å². The highest BCUT2D eigenvalue weighted by Gasteiger charge is 2.16. The van der Waals surface area contributed by atoms with E-state index in [0.29, 0.717) is 11.3 Å². The third-order valence-corrected chi connectivity index (χ3v) is 4.57. The van der Waals surface area contributed by atoms with Crippen LogP contribution in [-0.4, -0.2) is 15.8 Å². The lowest BCUT2D eigenvalue weighted by Crippen LogP contribution is -2.05. The van der Waals surface area contributed by atoms with E-state index in [1.54, 1.807) is 6.07 Å². The van der Waals surface area contributed by atoms with Crippen molar-refractivity contribution in [2.24, 2.45) is 0 Å². The summed E-state index contributed by atoms with van der Waals surface area (Å²) < 4.78 is 1.81. The van der Waals surface area contributed by atoms with Crippen LogP contribution in [0.3, 0.4) is 0 Å². The molecule has 0 atom stereocenters. The molecule has 0 saturated carbocycles. The first-order valence-corrected chi connectivity index (χ1v) is 8.89. The Morgan fingerprint density at radius 3 is 2.58 bits per heavy atom. The Morgan fingerprint density at radius 1 is 1.19 bits per heavy atom. The summed E-state index contributed by atoms with van der Waals surface area (Å²) in [6.45, 7) is 2.11. The number of aryl methyl sites for hydroxylation is 1. The van der Waals surface area contributed by atoms with Crippen molar-refractivity contribution in [2.45, 2.75) is 26.2 Å². The number of aromatic nitrogens is 2. The number of carbonyl (C=O) groups is 1.